The second kappa shape index (κ2) is 4.24. The highest BCUT2D eigenvalue weighted by Crippen LogP contribution is 2.20. The molecule has 0 spiro atoms. The first-order chi connectivity index (χ1) is 7.15. The SMILES string of the molecule is Cn1ncc(CC(=O)c2cc(Br)cs2)n1. The van der Waals surface area contributed by atoms with E-state index in [0.29, 0.717) is 12.1 Å². The van der Waals surface area contributed by atoms with Crippen LogP contribution in [0.5, 0.6) is 0 Å². The van der Waals surface area contributed by atoms with Crippen molar-refractivity contribution in [3.05, 3.63) is 32.7 Å². The topological polar surface area (TPSA) is 47.8 Å². The molecule has 0 amide bonds. The van der Waals surface area contributed by atoms with Gasteiger partial charge in [-0.05, 0) is 22.0 Å². The van der Waals surface area contributed by atoms with Crippen molar-refractivity contribution in [2.45, 2.75) is 6.42 Å². The van der Waals surface area contributed by atoms with Crippen molar-refractivity contribution in [1.82, 2.24) is 15.0 Å². The minimum atomic E-state index is 0.0752. The van der Waals surface area contributed by atoms with Crippen molar-refractivity contribution < 1.29 is 4.79 Å². The fourth-order valence-electron chi connectivity index (χ4n) is 1.18. The molecular weight excluding hydrogens is 278 g/mol. The molecule has 2 heterocycles. The second-order valence-corrected chi connectivity index (χ2v) is 4.88. The Kier molecular flexibility index (Phi) is 2.97. The van der Waals surface area contributed by atoms with Gasteiger partial charge in [-0.15, -0.1) is 11.3 Å². The number of carbonyl (C=O) groups is 1. The van der Waals surface area contributed by atoms with E-state index in [9.17, 15) is 4.79 Å². The van der Waals surface area contributed by atoms with Crippen LogP contribution in [0.25, 0.3) is 0 Å². The van der Waals surface area contributed by atoms with Crippen LogP contribution in [0, 0.1) is 0 Å². The maximum atomic E-state index is 11.7. The molecule has 0 radical (unpaired) electrons. The van der Waals surface area contributed by atoms with Crippen LogP contribution in [0.15, 0.2) is 22.1 Å². The Morgan fingerprint density at radius 2 is 2.47 bits per heavy atom. The number of nitrogens with zero attached hydrogens (tertiary/aromatic N) is 3. The van der Waals surface area contributed by atoms with E-state index < -0.39 is 0 Å². The maximum Gasteiger partial charge on any atom is 0.178 e. The van der Waals surface area contributed by atoms with Crippen molar-refractivity contribution in [3.8, 4) is 0 Å². The van der Waals surface area contributed by atoms with E-state index in [2.05, 4.69) is 26.1 Å². The molecule has 2 aromatic rings. The Labute approximate surface area is 99.0 Å². The van der Waals surface area contributed by atoms with Gasteiger partial charge in [0.2, 0.25) is 0 Å². The van der Waals surface area contributed by atoms with Crippen molar-refractivity contribution in [3.63, 3.8) is 0 Å². The fraction of sp³-hybridized carbons (Fsp3) is 0.222. The summed E-state index contributed by atoms with van der Waals surface area (Å²) in [6.07, 6.45) is 1.92. The van der Waals surface area contributed by atoms with Crippen LogP contribution in [0.2, 0.25) is 0 Å². The zero-order valence-corrected chi connectivity index (χ0v) is 10.4. The minimum Gasteiger partial charge on any atom is -0.293 e. The van der Waals surface area contributed by atoms with E-state index in [4.69, 9.17) is 0 Å². The fourth-order valence-corrected chi connectivity index (χ4v) is 2.55. The summed E-state index contributed by atoms with van der Waals surface area (Å²) in [6.45, 7) is 0. The highest BCUT2D eigenvalue weighted by molar-refractivity contribution is 9.10. The molecule has 2 aromatic heterocycles. The monoisotopic (exact) mass is 285 g/mol. The van der Waals surface area contributed by atoms with Gasteiger partial charge in [0.25, 0.3) is 0 Å². The van der Waals surface area contributed by atoms with Crippen LogP contribution < -0.4 is 0 Å². The summed E-state index contributed by atoms with van der Waals surface area (Å²) in [5.41, 5.74) is 0.701. The first kappa shape index (κ1) is 10.5. The lowest BCUT2D eigenvalue weighted by molar-refractivity contribution is 0.0995. The zero-order chi connectivity index (χ0) is 10.8. The van der Waals surface area contributed by atoms with Crippen LogP contribution in [-0.2, 0) is 13.5 Å². The lowest BCUT2D eigenvalue weighted by Crippen LogP contribution is -2.02. The summed E-state index contributed by atoms with van der Waals surface area (Å²) in [6, 6.07) is 1.82. The van der Waals surface area contributed by atoms with Gasteiger partial charge >= 0.3 is 0 Å². The highest BCUT2D eigenvalue weighted by Gasteiger charge is 2.11. The Morgan fingerprint density at radius 1 is 1.67 bits per heavy atom. The third-order valence-corrected chi connectivity index (χ3v) is 3.56. The summed E-state index contributed by atoms with van der Waals surface area (Å²) in [5, 5.41) is 9.87. The molecule has 6 heteroatoms. The molecule has 0 N–H and O–H groups in total. The number of hydrogen-bond acceptors (Lipinski definition) is 4. The molecule has 0 atom stereocenters. The number of aromatic nitrogens is 3. The lowest BCUT2D eigenvalue weighted by atomic mass is 10.2. The minimum absolute atomic E-state index is 0.0752. The number of rotatable bonds is 3. The van der Waals surface area contributed by atoms with Crippen LogP contribution >= 0.6 is 27.3 Å². The van der Waals surface area contributed by atoms with Gasteiger partial charge in [0.05, 0.1) is 23.2 Å². The van der Waals surface area contributed by atoms with Crippen LogP contribution in [0.1, 0.15) is 15.4 Å². The van der Waals surface area contributed by atoms with E-state index >= 15 is 0 Å². The van der Waals surface area contributed by atoms with Gasteiger partial charge in [0.1, 0.15) is 0 Å². The normalized spacial score (nSPS) is 10.5. The number of Topliss-reactive ketones (excluding diaryl/α,β-unsaturated/α-hetero) is 1. The maximum absolute atomic E-state index is 11.7. The van der Waals surface area contributed by atoms with Crippen molar-refractivity contribution >= 4 is 33.0 Å². The molecule has 78 valence electrons. The molecule has 4 nitrogen and oxygen atoms in total. The molecule has 0 unspecified atom stereocenters. The lowest BCUT2D eigenvalue weighted by Gasteiger charge is -1.92. The molecule has 2 rings (SSSR count). The van der Waals surface area contributed by atoms with E-state index in [1.807, 2.05) is 11.4 Å². The number of carbonyl (C=O) groups excluding carboxylic acids is 1. The van der Waals surface area contributed by atoms with Gasteiger partial charge < -0.3 is 0 Å². The van der Waals surface area contributed by atoms with Gasteiger partial charge in [0, 0.05) is 16.9 Å². The molecule has 0 aliphatic carbocycles. The third kappa shape index (κ3) is 2.51. The zero-order valence-electron chi connectivity index (χ0n) is 7.98. The molecule has 0 aromatic carbocycles. The summed E-state index contributed by atoms with van der Waals surface area (Å²) in [4.78, 5) is 13.9. The first-order valence-electron chi connectivity index (χ1n) is 4.27. The predicted octanol–water partition coefficient (Wildman–Crippen LogP) is 2.06. The standard InChI is InChI=1S/C9H8BrN3OS/c1-13-11-4-7(12-13)3-8(14)9-2-6(10)5-15-9/h2,4-5H,3H2,1H3. The molecular formula is C9H8BrN3OS. The van der Waals surface area contributed by atoms with Crippen LogP contribution in [-0.4, -0.2) is 20.8 Å². The predicted molar refractivity (Wildman–Crippen MR) is 61.1 cm³/mol. The summed E-state index contributed by atoms with van der Waals surface area (Å²) in [7, 11) is 1.73. The molecule has 0 fully saturated rings. The Bertz CT molecular complexity index is 491. The van der Waals surface area contributed by atoms with Crippen LogP contribution in [0.4, 0.5) is 0 Å². The highest BCUT2D eigenvalue weighted by atomic mass is 79.9. The number of thiophene rings is 1. The Morgan fingerprint density at radius 3 is 3.00 bits per heavy atom. The molecule has 0 aliphatic heterocycles. The van der Waals surface area contributed by atoms with Gasteiger partial charge in [-0.2, -0.15) is 15.0 Å². The number of halogens is 1. The summed E-state index contributed by atoms with van der Waals surface area (Å²) < 4.78 is 0.940. The van der Waals surface area contributed by atoms with E-state index in [1.54, 1.807) is 13.2 Å². The number of ketones is 1. The summed E-state index contributed by atoms with van der Waals surface area (Å²) >= 11 is 4.75. The third-order valence-electron chi connectivity index (χ3n) is 1.83. The van der Waals surface area contributed by atoms with Crippen molar-refractivity contribution in [2.24, 2.45) is 7.05 Å². The largest absolute Gasteiger partial charge is 0.293 e. The van der Waals surface area contributed by atoms with Crippen molar-refractivity contribution in [2.75, 3.05) is 0 Å². The van der Waals surface area contributed by atoms with E-state index in [1.165, 1.54) is 16.1 Å². The Balaban J connectivity index is 2.10. The van der Waals surface area contributed by atoms with Crippen molar-refractivity contribution in [1.29, 1.82) is 0 Å². The molecule has 0 saturated heterocycles. The van der Waals surface area contributed by atoms with Crippen LogP contribution in [0.3, 0.4) is 0 Å². The molecule has 0 saturated carbocycles. The average Bonchev–Trinajstić information content (AvgIpc) is 2.75. The summed E-state index contributed by atoms with van der Waals surface area (Å²) in [5.74, 6) is 0.0752. The van der Waals surface area contributed by atoms with Gasteiger partial charge in [-0.3, -0.25) is 4.79 Å². The smallest absolute Gasteiger partial charge is 0.178 e. The van der Waals surface area contributed by atoms with Gasteiger partial charge in [-0.25, -0.2) is 0 Å². The van der Waals surface area contributed by atoms with E-state index in [-0.39, 0.29) is 5.78 Å². The first-order valence-corrected chi connectivity index (χ1v) is 5.95. The number of aryl methyl sites for hydroxylation is 1. The average molecular weight is 286 g/mol. The Hall–Kier alpha value is -1.01. The van der Waals surface area contributed by atoms with E-state index in [0.717, 1.165) is 9.35 Å². The molecule has 0 bridgehead atoms. The van der Waals surface area contributed by atoms with Gasteiger partial charge in [0.15, 0.2) is 5.78 Å². The number of hydrogen-bond donors (Lipinski definition) is 0. The molecule has 0 aliphatic rings. The molecule has 15 heavy (non-hydrogen) atoms. The van der Waals surface area contributed by atoms with Gasteiger partial charge in [-0.1, -0.05) is 0 Å². The second-order valence-electron chi connectivity index (χ2n) is 3.05. The quantitative estimate of drug-likeness (QED) is 0.811.